The Hall–Kier alpha value is -3.79. The van der Waals surface area contributed by atoms with Gasteiger partial charge >= 0.3 is 0 Å². The Labute approximate surface area is 183 Å². The number of anilines is 1. The molecule has 0 radical (unpaired) electrons. The molecule has 0 atom stereocenters. The first-order chi connectivity index (χ1) is 15.4. The first-order valence-electron chi connectivity index (χ1n) is 9.93. The van der Waals surface area contributed by atoms with Crippen LogP contribution in [0.25, 0.3) is 21.8 Å². The van der Waals surface area contributed by atoms with Crippen molar-refractivity contribution in [3.05, 3.63) is 53.5 Å². The average Bonchev–Trinajstić information content (AvgIpc) is 3.21. The topological polar surface area (TPSA) is 108 Å². The minimum Gasteiger partial charge on any atom is -0.497 e. The molecule has 0 unspecified atom stereocenters. The highest BCUT2D eigenvalue weighted by molar-refractivity contribution is 6.09. The zero-order chi connectivity index (χ0) is 22.8. The molecule has 3 aromatic heterocycles. The third-order valence-electron chi connectivity index (χ3n) is 5.28. The number of fused-ring (bicyclic) bond motifs is 4. The van der Waals surface area contributed by atoms with Crippen molar-refractivity contribution in [3.63, 3.8) is 0 Å². The largest absolute Gasteiger partial charge is 0.497 e. The number of halogens is 1. The number of carbonyl (C=O) groups is 1. The van der Waals surface area contributed by atoms with Crippen molar-refractivity contribution in [2.75, 3.05) is 26.5 Å². The predicted octanol–water partition coefficient (Wildman–Crippen LogP) is 2.82. The summed E-state index contributed by atoms with van der Waals surface area (Å²) in [5.74, 6) is 0.433. The molecule has 0 aliphatic carbocycles. The molecule has 4 aromatic rings. The SMILES string of the molecule is CN(F)C(=O)c1cc2c(cn1)nc(N)c1cnn(C)c12.COc1ccc2c(c1)COCC2. The van der Waals surface area contributed by atoms with E-state index in [1.54, 1.807) is 25.0 Å². The van der Waals surface area contributed by atoms with Crippen molar-refractivity contribution in [2.24, 2.45) is 7.05 Å². The van der Waals surface area contributed by atoms with Crippen LogP contribution in [0.2, 0.25) is 0 Å². The Kier molecular flexibility index (Phi) is 5.87. The molecule has 1 amide bonds. The predicted molar refractivity (Wildman–Crippen MR) is 118 cm³/mol. The van der Waals surface area contributed by atoms with E-state index in [9.17, 15) is 9.28 Å². The molecule has 0 bridgehead atoms. The number of hydrogen-bond donors (Lipinski definition) is 1. The number of methoxy groups -OCH3 is 1. The highest BCUT2D eigenvalue weighted by Crippen LogP contribution is 2.27. The van der Waals surface area contributed by atoms with Crippen LogP contribution >= 0.6 is 0 Å². The van der Waals surface area contributed by atoms with E-state index in [1.165, 1.54) is 23.4 Å². The minimum absolute atomic E-state index is 0.00317. The second kappa shape index (κ2) is 8.75. The number of amides is 1. The molecule has 1 aliphatic rings. The van der Waals surface area contributed by atoms with Crippen LogP contribution in [0.4, 0.5) is 10.3 Å². The molecule has 0 saturated heterocycles. The number of nitrogen functional groups attached to an aromatic ring is 1. The Bertz CT molecular complexity index is 1300. The molecule has 1 aromatic carbocycles. The van der Waals surface area contributed by atoms with Gasteiger partial charge in [-0.1, -0.05) is 10.5 Å². The molecule has 2 N–H and O–H groups in total. The summed E-state index contributed by atoms with van der Waals surface area (Å²) in [5.41, 5.74) is 9.76. The second-order valence-electron chi connectivity index (χ2n) is 7.33. The highest BCUT2D eigenvalue weighted by atomic mass is 19.2. The minimum atomic E-state index is -0.820. The summed E-state index contributed by atoms with van der Waals surface area (Å²) in [5, 5.41) is 5.44. The normalized spacial score (nSPS) is 12.8. The lowest BCUT2D eigenvalue weighted by atomic mass is 10.0. The van der Waals surface area contributed by atoms with Gasteiger partial charge in [0.1, 0.15) is 17.3 Å². The van der Waals surface area contributed by atoms with Crippen LogP contribution in [-0.2, 0) is 24.8 Å². The quantitative estimate of drug-likeness (QED) is 0.480. The number of carbonyl (C=O) groups excluding carboxylic acids is 1. The Morgan fingerprint density at radius 1 is 1.25 bits per heavy atom. The number of hydrogen-bond acceptors (Lipinski definition) is 7. The molecule has 1 aliphatic heterocycles. The van der Waals surface area contributed by atoms with E-state index in [1.807, 2.05) is 6.07 Å². The summed E-state index contributed by atoms with van der Waals surface area (Å²) in [6.45, 7) is 1.58. The summed E-state index contributed by atoms with van der Waals surface area (Å²) < 4.78 is 25.1. The standard InChI is InChI=1S/C12H11FN6O.C10H12O2/c1-18(13)12(20)8-3-6-9(5-15-8)17-11(14)7-4-16-19(2)10(6)7;1-11-10-3-2-8-4-5-12-7-9(8)6-10/h3-5H,1-2H3,(H2,14,17);2-3,6H,4-5,7H2,1H3. The van der Waals surface area contributed by atoms with Crippen LogP contribution in [0.15, 0.2) is 36.7 Å². The van der Waals surface area contributed by atoms with Gasteiger partial charge in [0.05, 0.1) is 49.1 Å². The van der Waals surface area contributed by atoms with Gasteiger partial charge in [-0.15, -0.1) is 0 Å². The number of pyridine rings is 2. The summed E-state index contributed by atoms with van der Waals surface area (Å²) in [6.07, 6.45) is 4.02. The van der Waals surface area contributed by atoms with E-state index in [0.717, 1.165) is 37.9 Å². The molecular weight excluding hydrogens is 415 g/mol. The highest BCUT2D eigenvalue weighted by Gasteiger charge is 2.16. The molecular formula is C22H23FN6O3. The van der Waals surface area contributed by atoms with Crippen molar-refractivity contribution in [3.8, 4) is 5.75 Å². The molecule has 0 saturated carbocycles. The smallest absolute Gasteiger partial charge is 0.299 e. The van der Waals surface area contributed by atoms with Gasteiger partial charge in [0, 0.05) is 19.5 Å². The zero-order valence-corrected chi connectivity index (χ0v) is 18.0. The summed E-state index contributed by atoms with van der Waals surface area (Å²) in [6, 6.07) is 7.67. The molecule has 4 heterocycles. The van der Waals surface area contributed by atoms with Gasteiger partial charge in [0.25, 0.3) is 5.91 Å². The lowest BCUT2D eigenvalue weighted by molar-refractivity contribution is 0.0337. The van der Waals surface area contributed by atoms with Crippen molar-refractivity contribution in [1.82, 2.24) is 24.9 Å². The van der Waals surface area contributed by atoms with E-state index in [-0.39, 0.29) is 10.8 Å². The molecule has 32 heavy (non-hydrogen) atoms. The Morgan fingerprint density at radius 3 is 2.81 bits per heavy atom. The third-order valence-corrected chi connectivity index (χ3v) is 5.28. The monoisotopic (exact) mass is 438 g/mol. The van der Waals surface area contributed by atoms with E-state index in [2.05, 4.69) is 27.2 Å². The number of aromatic nitrogens is 4. The van der Waals surface area contributed by atoms with Crippen molar-refractivity contribution in [1.29, 1.82) is 0 Å². The van der Waals surface area contributed by atoms with Crippen LogP contribution in [0.3, 0.4) is 0 Å². The summed E-state index contributed by atoms with van der Waals surface area (Å²) in [4.78, 5) is 19.8. The summed E-state index contributed by atoms with van der Waals surface area (Å²) in [7, 11) is 4.46. The zero-order valence-electron chi connectivity index (χ0n) is 18.0. The number of nitrogens with zero attached hydrogens (tertiary/aromatic N) is 5. The lowest BCUT2D eigenvalue weighted by Crippen LogP contribution is -2.18. The maximum atomic E-state index is 13.0. The van der Waals surface area contributed by atoms with Gasteiger partial charge in [-0.2, -0.15) is 10.2 Å². The first-order valence-corrected chi connectivity index (χ1v) is 9.93. The van der Waals surface area contributed by atoms with Gasteiger partial charge in [-0.05, 0) is 35.7 Å². The van der Waals surface area contributed by atoms with Gasteiger partial charge in [-0.25, -0.2) is 9.97 Å². The van der Waals surface area contributed by atoms with E-state index < -0.39 is 5.91 Å². The fraction of sp³-hybridized carbons (Fsp3) is 0.273. The molecule has 5 rings (SSSR count). The van der Waals surface area contributed by atoms with Crippen LogP contribution in [0, 0.1) is 0 Å². The van der Waals surface area contributed by atoms with Crippen molar-refractivity contribution in [2.45, 2.75) is 13.0 Å². The van der Waals surface area contributed by atoms with Crippen LogP contribution in [-0.4, -0.2) is 51.5 Å². The van der Waals surface area contributed by atoms with Gasteiger partial charge < -0.3 is 15.2 Å². The fourth-order valence-electron chi connectivity index (χ4n) is 3.61. The lowest BCUT2D eigenvalue weighted by Gasteiger charge is -2.16. The molecule has 0 spiro atoms. The number of ether oxygens (including phenoxy) is 2. The van der Waals surface area contributed by atoms with Crippen molar-refractivity contribution >= 4 is 33.5 Å². The van der Waals surface area contributed by atoms with Crippen LogP contribution in [0.1, 0.15) is 21.6 Å². The third kappa shape index (κ3) is 4.04. The van der Waals surface area contributed by atoms with Crippen LogP contribution < -0.4 is 10.5 Å². The maximum absolute atomic E-state index is 13.0. The fourth-order valence-corrected chi connectivity index (χ4v) is 3.61. The molecule has 9 nitrogen and oxygen atoms in total. The Balaban J connectivity index is 0.000000174. The molecule has 0 fully saturated rings. The van der Waals surface area contributed by atoms with E-state index >= 15 is 0 Å². The van der Waals surface area contributed by atoms with Gasteiger partial charge in [0.2, 0.25) is 0 Å². The number of nitrogens with two attached hydrogens (primary N) is 1. The second-order valence-corrected chi connectivity index (χ2v) is 7.33. The van der Waals surface area contributed by atoms with Crippen molar-refractivity contribution < 1.29 is 18.7 Å². The number of rotatable bonds is 2. The van der Waals surface area contributed by atoms with Gasteiger partial charge in [-0.3, -0.25) is 9.48 Å². The summed E-state index contributed by atoms with van der Waals surface area (Å²) >= 11 is 0. The molecule has 166 valence electrons. The maximum Gasteiger partial charge on any atom is 0.299 e. The first kappa shape index (κ1) is 21.4. The average molecular weight is 438 g/mol. The van der Waals surface area contributed by atoms with Crippen LogP contribution in [0.5, 0.6) is 5.75 Å². The van der Waals surface area contributed by atoms with E-state index in [4.69, 9.17) is 15.2 Å². The number of benzene rings is 1. The van der Waals surface area contributed by atoms with Gasteiger partial charge in [0.15, 0.2) is 0 Å². The number of aryl methyl sites for hydroxylation is 1. The molecule has 10 heteroatoms. The Morgan fingerprint density at radius 2 is 2.06 bits per heavy atom. The van der Waals surface area contributed by atoms with E-state index in [0.29, 0.717) is 22.1 Å².